The second-order valence-electron chi connectivity index (χ2n) is 16.4. The first-order chi connectivity index (χ1) is 27.6. The van der Waals surface area contributed by atoms with Gasteiger partial charge >= 0.3 is 6.03 Å². The number of pyridine rings is 1. The van der Waals surface area contributed by atoms with E-state index in [1.165, 1.54) is 21.1 Å². The van der Waals surface area contributed by atoms with Gasteiger partial charge in [-0.25, -0.2) is 23.2 Å². The van der Waals surface area contributed by atoms with Crippen LogP contribution in [0.1, 0.15) is 88.8 Å². The van der Waals surface area contributed by atoms with Crippen molar-refractivity contribution in [3.63, 3.8) is 0 Å². The number of amides is 5. The van der Waals surface area contributed by atoms with Gasteiger partial charge in [-0.3, -0.25) is 19.1 Å². The first-order valence-electron chi connectivity index (χ1n) is 20.1. The van der Waals surface area contributed by atoms with Crippen LogP contribution < -0.4 is 24.8 Å². The van der Waals surface area contributed by atoms with Gasteiger partial charge in [-0.05, 0) is 63.5 Å². The average Bonchev–Trinajstić information content (AvgIpc) is 4.06. The van der Waals surface area contributed by atoms with Crippen molar-refractivity contribution in [3.8, 4) is 22.2 Å². The molecule has 3 fully saturated rings. The van der Waals surface area contributed by atoms with E-state index >= 15 is 0 Å². The molecule has 58 heavy (non-hydrogen) atoms. The number of benzene rings is 1. The predicted octanol–water partition coefficient (Wildman–Crippen LogP) is 4.79. The van der Waals surface area contributed by atoms with Crippen LogP contribution in [0.15, 0.2) is 35.7 Å². The SMILES string of the molecule is COc1ccc2c(O[C@@H]3C[C@H]4C(=O)N[C@]5(C(=O)NS(=O)(=O)C6CC6)C[C@H]5/C=C\CCCCC[C@H](NC(=O)N(C)C)C(=O)N4C3)cc(-c3nc(C(C)C)cs3)nc2c1C. The molecule has 4 heterocycles. The monoisotopic (exact) mass is 835 g/mol. The number of rotatable bonds is 9. The Balaban J connectivity index is 1.25. The smallest absolute Gasteiger partial charge is 0.317 e. The fourth-order valence-corrected chi connectivity index (χ4v) is 10.1. The van der Waals surface area contributed by atoms with E-state index in [-0.39, 0.29) is 25.3 Å². The van der Waals surface area contributed by atoms with Crippen molar-refractivity contribution in [2.24, 2.45) is 5.92 Å². The Bertz CT molecular complexity index is 2240. The molecule has 0 bridgehead atoms. The fraction of sp³-hybridized carbons (Fsp3) is 0.561. The van der Waals surface area contributed by atoms with E-state index in [2.05, 4.69) is 29.2 Å². The minimum Gasteiger partial charge on any atom is -0.496 e. The molecule has 0 unspecified atom stereocenters. The topological polar surface area (TPSA) is 189 Å². The third-order valence-electron chi connectivity index (χ3n) is 11.5. The quantitative estimate of drug-likeness (QED) is 0.253. The maximum Gasteiger partial charge on any atom is 0.317 e. The molecule has 0 radical (unpaired) electrons. The molecule has 5 amide bonds. The summed E-state index contributed by atoms with van der Waals surface area (Å²) in [6, 6.07) is 3.07. The molecule has 4 aliphatic rings. The van der Waals surface area contributed by atoms with Gasteiger partial charge in [0.25, 0.3) is 5.91 Å². The summed E-state index contributed by atoms with van der Waals surface area (Å²) in [7, 11) is 0.883. The van der Waals surface area contributed by atoms with Crippen LogP contribution in [0.25, 0.3) is 21.6 Å². The Kier molecular flexibility index (Phi) is 11.8. The molecule has 0 spiro atoms. The standard InChI is InChI=1S/C41H53N7O8S2/c1-23(2)31-22-57-37(43-31)30-19-34(28-16-17-33(55-6)24(3)35(28)42-30)56-26-18-32-36(49)45-41(39(51)46-58(53,54)27-14-15-27)20-25(41)12-10-8-7-9-11-13-29(38(50)48(32)21-26)44-40(52)47(4)5/h10,12,16-17,19,22-23,25-27,29,32H,7-9,11,13-15,18,20-21H2,1-6H3,(H,44,52)(H,45,49)(H,46,51)/b12-10-/t25-,26-,29+,32+,41-/m1/s1. The molecule has 17 heteroatoms. The molecular weight excluding hydrogens is 783 g/mol. The molecule has 7 rings (SSSR count). The van der Waals surface area contributed by atoms with Crippen molar-refractivity contribution in [1.29, 1.82) is 0 Å². The van der Waals surface area contributed by atoms with Crippen LogP contribution in [0.4, 0.5) is 4.79 Å². The van der Waals surface area contributed by atoms with Crippen LogP contribution in [0.5, 0.6) is 11.5 Å². The lowest BCUT2D eigenvalue weighted by molar-refractivity contribution is -0.141. The number of aromatic nitrogens is 2. The number of nitrogens with one attached hydrogen (secondary N) is 3. The second-order valence-corrected chi connectivity index (χ2v) is 19.2. The van der Waals surface area contributed by atoms with Gasteiger partial charge in [0.15, 0.2) is 0 Å². The van der Waals surface area contributed by atoms with Crippen LogP contribution in [-0.2, 0) is 24.4 Å². The largest absolute Gasteiger partial charge is 0.496 e. The lowest BCUT2D eigenvalue weighted by Gasteiger charge is -2.30. The Labute approximate surface area is 343 Å². The Morgan fingerprint density at radius 3 is 2.55 bits per heavy atom. The molecule has 3 N–H and O–H groups in total. The minimum atomic E-state index is -3.90. The second kappa shape index (κ2) is 16.5. The number of allylic oxidation sites excluding steroid dienone is 1. The van der Waals surface area contributed by atoms with Crippen LogP contribution in [0.3, 0.4) is 0 Å². The number of ether oxygens (including phenoxy) is 2. The Hall–Kier alpha value is -4.77. The van der Waals surface area contributed by atoms with Crippen LogP contribution in [-0.4, -0.2) is 109 Å². The molecule has 312 valence electrons. The molecule has 3 aromatic rings. The number of urea groups is 1. The summed E-state index contributed by atoms with van der Waals surface area (Å²) in [5.74, 6) is -0.898. The van der Waals surface area contributed by atoms with Crippen molar-refractivity contribution in [2.45, 2.75) is 113 Å². The third kappa shape index (κ3) is 8.51. The van der Waals surface area contributed by atoms with Gasteiger partial charge in [0.1, 0.15) is 45.9 Å². The first-order valence-corrected chi connectivity index (χ1v) is 22.5. The molecule has 2 aromatic heterocycles. The van der Waals surface area contributed by atoms with E-state index in [4.69, 9.17) is 19.4 Å². The molecule has 5 atom stereocenters. The van der Waals surface area contributed by atoms with Gasteiger partial charge in [-0.2, -0.15) is 0 Å². The first kappa shape index (κ1) is 41.4. The fourth-order valence-electron chi connectivity index (χ4n) is 7.78. The van der Waals surface area contributed by atoms with E-state index in [1.807, 2.05) is 42.7 Å². The van der Waals surface area contributed by atoms with Crippen molar-refractivity contribution in [2.75, 3.05) is 27.7 Å². The van der Waals surface area contributed by atoms with E-state index < -0.39 is 68.7 Å². The maximum absolute atomic E-state index is 14.6. The van der Waals surface area contributed by atoms with Crippen molar-refractivity contribution >= 4 is 56.0 Å². The lowest BCUT2D eigenvalue weighted by Crippen LogP contribution is -2.58. The van der Waals surface area contributed by atoms with Crippen molar-refractivity contribution in [1.82, 2.24) is 35.1 Å². The number of hydrogen-bond acceptors (Lipinski definition) is 11. The Morgan fingerprint density at radius 1 is 1.09 bits per heavy atom. The number of aryl methyl sites for hydroxylation is 1. The highest BCUT2D eigenvalue weighted by atomic mass is 32.2. The summed E-state index contributed by atoms with van der Waals surface area (Å²) < 4.78 is 40.5. The van der Waals surface area contributed by atoms with Crippen LogP contribution in [0, 0.1) is 12.8 Å². The summed E-state index contributed by atoms with van der Waals surface area (Å²) in [4.78, 5) is 68.6. The van der Waals surface area contributed by atoms with Crippen LogP contribution >= 0.6 is 11.3 Å². The normalized spacial score (nSPS) is 25.8. The van der Waals surface area contributed by atoms with Crippen molar-refractivity contribution in [3.05, 3.63) is 47.0 Å². The maximum atomic E-state index is 14.6. The molecular formula is C41H53N7O8S2. The number of fused-ring (bicyclic) bond motifs is 3. The zero-order chi connectivity index (χ0) is 41.5. The van der Waals surface area contributed by atoms with E-state index in [0.717, 1.165) is 24.1 Å². The Morgan fingerprint density at radius 2 is 1.86 bits per heavy atom. The number of hydrogen-bond donors (Lipinski definition) is 3. The van der Waals surface area contributed by atoms with E-state index in [1.54, 1.807) is 21.2 Å². The highest BCUT2D eigenvalue weighted by Crippen LogP contribution is 2.46. The highest BCUT2D eigenvalue weighted by molar-refractivity contribution is 7.91. The number of methoxy groups -OCH3 is 1. The molecule has 15 nitrogen and oxygen atoms in total. The zero-order valence-corrected chi connectivity index (χ0v) is 35.5. The van der Waals surface area contributed by atoms with Gasteiger partial charge in [-0.1, -0.05) is 38.8 Å². The van der Waals surface area contributed by atoms with Gasteiger partial charge in [0.05, 0.1) is 30.1 Å². The van der Waals surface area contributed by atoms with Crippen LogP contribution in [0.2, 0.25) is 0 Å². The molecule has 2 aliphatic carbocycles. The molecule has 2 aliphatic heterocycles. The third-order valence-corrected chi connectivity index (χ3v) is 14.2. The molecule has 1 saturated heterocycles. The summed E-state index contributed by atoms with van der Waals surface area (Å²) >= 11 is 1.48. The number of thiazole rings is 1. The van der Waals surface area contributed by atoms with Gasteiger partial charge in [0.2, 0.25) is 21.8 Å². The van der Waals surface area contributed by atoms with Gasteiger partial charge < -0.3 is 29.9 Å². The molecule has 2 saturated carbocycles. The number of carbonyl (C=O) groups is 4. The minimum absolute atomic E-state index is 0.00682. The number of carbonyl (C=O) groups excluding carboxylic acids is 4. The summed E-state index contributed by atoms with van der Waals surface area (Å²) in [5.41, 5.74) is 1.50. The lowest BCUT2D eigenvalue weighted by atomic mass is 10.0. The summed E-state index contributed by atoms with van der Waals surface area (Å²) in [6.07, 6.45) is 7.69. The summed E-state index contributed by atoms with van der Waals surface area (Å²) in [6.45, 7) is 6.08. The van der Waals surface area contributed by atoms with Gasteiger partial charge in [0, 0.05) is 48.8 Å². The van der Waals surface area contributed by atoms with E-state index in [9.17, 15) is 27.6 Å². The highest BCUT2D eigenvalue weighted by Gasteiger charge is 2.62. The van der Waals surface area contributed by atoms with Gasteiger partial charge in [-0.15, -0.1) is 11.3 Å². The van der Waals surface area contributed by atoms with E-state index in [0.29, 0.717) is 65.2 Å². The number of sulfonamides is 1. The number of nitrogens with zero attached hydrogens (tertiary/aromatic N) is 4. The zero-order valence-electron chi connectivity index (χ0n) is 33.9. The average molecular weight is 836 g/mol. The van der Waals surface area contributed by atoms with Crippen molar-refractivity contribution < 1.29 is 37.1 Å². The molecule has 1 aromatic carbocycles. The predicted molar refractivity (Wildman–Crippen MR) is 220 cm³/mol. The summed E-state index contributed by atoms with van der Waals surface area (Å²) in [5, 5.41) is 8.59.